The van der Waals surface area contributed by atoms with Gasteiger partial charge >= 0.3 is 6.09 Å². The smallest absolute Gasteiger partial charge is 0.405 e. The highest BCUT2D eigenvalue weighted by Gasteiger charge is 2.39. The summed E-state index contributed by atoms with van der Waals surface area (Å²) in [4.78, 5) is 54.3. The zero-order valence-electron chi connectivity index (χ0n) is 22.9. The predicted molar refractivity (Wildman–Crippen MR) is 153 cm³/mol. The number of amides is 4. The number of carboxylic acid groups (broad SMARTS) is 1. The summed E-state index contributed by atoms with van der Waals surface area (Å²) in [6.45, 7) is 0.731. The van der Waals surface area contributed by atoms with Crippen molar-refractivity contribution in [1.82, 2.24) is 20.4 Å². The Hall–Kier alpha value is -4.60. The number of carbonyl (C=O) groups is 4. The Morgan fingerprint density at radius 1 is 1.00 bits per heavy atom. The van der Waals surface area contributed by atoms with Gasteiger partial charge in [0.15, 0.2) is 0 Å². The largest absolute Gasteiger partial charge is 0.491 e. The van der Waals surface area contributed by atoms with Crippen LogP contribution in [0, 0.1) is 0 Å². The number of rotatable bonds is 4. The number of hydrogen-bond donors (Lipinski definition) is 3. The zero-order valence-corrected chi connectivity index (χ0v) is 22.9. The molecule has 3 N–H and O–H groups in total. The molecule has 0 unspecified atom stereocenters. The van der Waals surface area contributed by atoms with E-state index in [0.717, 1.165) is 16.3 Å². The van der Waals surface area contributed by atoms with Crippen molar-refractivity contribution < 1.29 is 29.0 Å². The molecule has 0 aromatic heterocycles. The van der Waals surface area contributed by atoms with Crippen molar-refractivity contribution >= 4 is 34.6 Å². The summed E-state index contributed by atoms with van der Waals surface area (Å²) < 4.78 is 6.03. The molecular weight excluding hydrogens is 524 g/mol. The number of nitrogens with one attached hydrogen (secondary N) is 2. The monoisotopic (exact) mass is 558 g/mol. The van der Waals surface area contributed by atoms with Crippen molar-refractivity contribution in [3.8, 4) is 5.75 Å². The lowest BCUT2D eigenvalue weighted by Gasteiger charge is -2.29. The van der Waals surface area contributed by atoms with Gasteiger partial charge in [-0.2, -0.15) is 0 Å². The third-order valence-corrected chi connectivity index (χ3v) is 7.69. The van der Waals surface area contributed by atoms with Gasteiger partial charge in [-0.3, -0.25) is 14.4 Å². The van der Waals surface area contributed by atoms with Crippen LogP contribution < -0.4 is 15.4 Å². The van der Waals surface area contributed by atoms with E-state index in [1.165, 1.54) is 0 Å². The van der Waals surface area contributed by atoms with E-state index in [2.05, 4.69) is 10.6 Å². The lowest BCUT2D eigenvalue weighted by Crippen LogP contribution is -2.51. The molecule has 0 saturated carbocycles. The molecule has 2 bridgehead atoms. The van der Waals surface area contributed by atoms with E-state index in [0.29, 0.717) is 30.7 Å². The molecule has 2 aliphatic rings. The molecule has 0 aliphatic carbocycles. The molecule has 2 heterocycles. The number of nitrogens with zero attached hydrogens (tertiary/aromatic N) is 2. The van der Waals surface area contributed by atoms with Gasteiger partial charge < -0.3 is 30.3 Å². The molecule has 4 amide bonds. The SMILES string of the molecule is CN1CCC[C@H](NC(=O)O)C(=O)N2C[C@@H](NC(=O)Cc3ccc4ccccc4c3)C[C@H]2COc2cccc(c2)C1=O. The van der Waals surface area contributed by atoms with Gasteiger partial charge in [0.25, 0.3) is 5.91 Å². The third kappa shape index (κ3) is 6.77. The van der Waals surface area contributed by atoms with Crippen molar-refractivity contribution in [2.24, 2.45) is 0 Å². The van der Waals surface area contributed by atoms with Gasteiger partial charge in [0.2, 0.25) is 11.8 Å². The lowest BCUT2D eigenvalue weighted by molar-refractivity contribution is -0.135. The Bertz CT molecular complexity index is 1460. The van der Waals surface area contributed by atoms with Gasteiger partial charge in [0, 0.05) is 31.7 Å². The second kappa shape index (κ2) is 12.3. The van der Waals surface area contributed by atoms with Gasteiger partial charge in [0.05, 0.1) is 12.5 Å². The zero-order chi connectivity index (χ0) is 28.9. The van der Waals surface area contributed by atoms with E-state index in [1.54, 1.807) is 41.1 Å². The van der Waals surface area contributed by atoms with Crippen LogP contribution in [0.2, 0.25) is 0 Å². The van der Waals surface area contributed by atoms with Gasteiger partial charge in [-0.05, 0) is 53.8 Å². The van der Waals surface area contributed by atoms with Crippen LogP contribution in [0.1, 0.15) is 35.2 Å². The average Bonchev–Trinajstić information content (AvgIpc) is 3.36. The summed E-state index contributed by atoms with van der Waals surface area (Å²) >= 11 is 0. The van der Waals surface area contributed by atoms with E-state index in [-0.39, 0.29) is 49.8 Å². The molecule has 5 rings (SSSR count). The minimum Gasteiger partial charge on any atom is -0.491 e. The normalized spacial score (nSPS) is 21.5. The molecule has 41 heavy (non-hydrogen) atoms. The summed E-state index contributed by atoms with van der Waals surface area (Å²) in [6.07, 6.45) is 0.0199. The number of hydrogen-bond acceptors (Lipinski definition) is 5. The summed E-state index contributed by atoms with van der Waals surface area (Å²) in [5, 5.41) is 17.0. The maximum atomic E-state index is 13.7. The van der Waals surface area contributed by atoms with Crippen molar-refractivity contribution in [3.05, 3.63) is 77.9 Å². The first-order chi connectivity index (χ1) is 19.8. The van der Waals surface area contributed by atoms with Gasteiger partial charge in [-0.25, -0.2) is 4.79 Å². The predicted octanol–water partition coefficient (Wildman–Crippen LogP) is 3.05. The summed E-state index contributed by atoms with van der Waals surface area (Å²) in [5.41, 5.74) is 1.38. The maximum Gasteiger partial charge on any atom is 0.405 e. The minimum atomic E-state index is -1.30. The average molecular weight is 559 g/mol. The third-order valence-electron chi connectivity index (χ3n) is 7.69. The Kier molecular flexibility index (Phi) is 8.37. The van der Waals surface area contributed by atoms with Crippen molar-refractivity contribution in [2.75, 3.05) is 26.7 Å². The fraction of sp³-hybridized carbons (Fsp3) is 0.355. The molecule has 0 spiro atoms. The maximum absolute atomic E-state index is 13.7. The molecule has 0 radical (unpaired) electrons. The van der Waals surface area contributed by atoms with Crippen LogP contribution in [0.15, 0.2) is 66.7 Å². The Balaban J connectivity index is 1.33. The molecule has 10 nitrogen and oxygen atoms in total. The Labute approximate surface area is 238 Å². The van der Waals surface area contributed by atoms with Crippen LogP contribution in [-0.4, -0.2) is 83.6 Å². The number of fused-ring (bicyclic) bond motifs is 4. The molecular formula is C31H34N4O6. The second-order valence-corrected chi connectivity index (χ2v) is 10.7. The molecule has 2 aliphatic heterocycles. The van der Waals surface area contributed by atoms with Gasteiger partial charge in [-0.15, -0.1) is 0 Å². The standard InChI is InChI=1S/C31H34N4O6/c1-34-13-5-10-27(33-31(39)40)30(38)35-18-24(17-25(35)19-41-26-9-4-8-23(16-26)29(34)37)32-28(36)15-20-11-12-21-6-2-3-7-22(21)14-20/h2-4,6-9,11-12,14,16,24-25,27,33H,5,10,13,15,17-19H2,1H3,(H,32,36)(H,39,40)/t24-,25-,27-/m0/s1. The molecule has 3 atom stereocenters. The van der Waals surface area contributed by atoms with Crippen LogP contribution in [0.25, 0.3) is 10.8 Å². The lowest BCUT2D eigenvalue weighted by atomic mass is 10.0. The van der Waals surface area contributed by atoms with Gasteiger partial charge in [0.1, 0.15) is 18.4 Å². The van der Waals surface area contributed by atoms with Crippen LogP contribution >= 0.6 is 0 Å². The molecule has 1 saturated heterocycles. The van der Waals surface area contributed by atoms with E-state index in [9.17, 15) is 24.3 Å². The molecule has 1 fully saturated rings. The Morgan fingerprint density at radius 2 is 1.80 bits per heavy atom. The first-order valence-corrected chi connectivity index (χ1v) is 13.8. The molecule has 214 valence electrons. The van der Waals surface area contributed by atoms with E-state index < -0.39 is 18.2 Å². The fourth-order valence-electron chi connectivity index (χ4n) is 5.63. The van der Waals surface area contributed by atoms with E-state index in [1.807, 2.05) is 42.5 Å². The Morgan fingerprint density at radius 3 is 2.61 bits per heavy atom. The van der Waals surface area contributed by atoms with E-state index in [4.69, 9.17) is 4.74 Å². The molecule has 10 heteroatoms. The second-order valence-electron chi connectivity index (χ2n) is 10.7. The highest BCUT2D eigenvalue weighted by molar-refractivity contribution is 5.94. The van der Waals surface area contributed by atoms with Crippen molar-refractivity contribution in [2.45, 2.75) is 43.8 Å². The number of carbonyl (C=O) groups excluding carboxylic acids is 3. The van der Waals surface area contributed by atoms with Crippen LogP contribution in [-0.2, 0) is 16.0 Å². The van der Waals surface area contributed by atoms with Crippen molar-refractivity contribution in [3.63, 3.8) is 0 Å². The summed E-state index contributed by atoms with van der Waals surface area (Å²) in [7, 11) is 1.67. The van der Waals surface area contributed by atoms with Crippen LogP contribution in [0.4, 0.5) is 4.79 Å². The topological polar surface area (TPSA) is 128 Å². The van der Waals surface area contributed by atoms with Crippen LogP contribution in [0.5, 0.6) is 5.75 Å². The molecule has 3 aromatic rings. The number of benzene rings is 3. The van der Waals surface area contributed by atoms with Gasteiger partial charge in [-0.1, -0.05) is 48.5 Å². The summed E-state index contributed by atoms with van der Waals surface area (Å²) in [6, 6.07) is 19.1. The number of ether oxygens (including phenoxy) is 1. The van der Waals surface area contributed by atoms with E-state index >= 15 is 0 Å². The quantitative estimate of drug-likeness (QED) is 0.452. The fourth-order valence-corrected chi connectivity index (χ4v) is 5.63. The van der Waals surface area contributed by atoms with Crippen LogP contribution in [0.3, 0.4) is 0 Å². The van der Waals surface area contributed by atoms with Crippen molar-refractivity contribution in [1.29, 1.82) is 0 Å². The highest BCUT2D eigenvalue weighted by atomic mass is 16.5. The summed E-state index contributed by atoms with van der Waals surface area (Å²) in [5.74, 6) is -0.206. The first kappa shape index (κ1) is 27.9. The minimum absolute atomic E-state index is 0.135. The highest BCUT2D eigenvalue weighted by Crippen LogP contribution is 2.24. The molecule has 3 aromatic carbocycles. The first-order valence-electron chi connectivity index (χ1n) is 13.8.